The summed E-state index contributed by atoms with van der Waals surface area (Å²) in [7, 11) is 0. The zero-order chi connectivity index (χ0) is 9.78. The minimum atomic E-state index is -0.415. The summed E-state index contributed by atoms with van der Waals surface area (Å²) in [4.78, 5) is 0. The number of rotatable bonds is 5. The van der Waals surface area contributed by atoms with E-state index in [1.54, 1.807) is 6.92 Å². The Morgan fingerprint density at radius 2 is 1.83 bits per heavy atom. The summed E-state index contributed by atoms with van der Waals surface area (Å²) in [5.74, 6) is 0. The Labute approximate surface area is 74.8 Å². The molecule has 0 aromatic rings. The molecule has 0 radical (unpaired) electrons. The molecule has 0 aliphatic heterocycles. The first-order valence-corrected chi connectivity index (χ1v) is 4.51. The molecule has 2 unspecified atom stereocenters. The number of aliphatic hydroxyl groups excluding tert-OH is 2. The fourth-order valence-electron chi connectivity index (χ4n) is 0.673. The quantitative estimate of drug-likeness (QED) is 0.570. The van der Waals surface area contributed by atoms with Gasteiger partial charge in [-0.2, -0.15) is 0 Å². The van der Waals surface area contributed by atoms with Gasteiger partial charge in [0.25, 0.3) is 0 Å². The van der Waals surface area contributed by atoms with Crippen LogP contribution in [0.4, 0.5) is 0 Å². The molecule has 0 bridgehead atoms. The van der Waals surface area contributed by atoms with Crippen molar-refractivity contribution in [2.75, 3.05) is 6.54 Å². The van der Waals surface area contributed by atoms with E-state index in [-0.39, 0.29) is 11.6 Å². The molecule has 0 rings (SSSR count). The number of aliphatic hydroxyl groups is 2. The maximum atomic E-state index is 9.32. The van der Waals surface area contributed by atoms with Crippen molar-refractivity contribution in [1.29, 1.82) is 0 Å². The Morgan fingerprint density at radius 3 is 2.17 bits per heavy atom. The highest BCUT2D eigenvalue weighted by atomic mass is 16.3. The molecule has 0 saturated carbocycles. The van der Waals surface area contributed by atoms with Crippen LogP contribution >= 0.6 is 0 Å². The van der Waals surface area contributed by atoms with Crippen LogP contribution in [0.15, 0.2) is 0 Å². The van der Waals surface area contributed by atoms with Crippen molar-refractivity contribution >= 4 is 0 Å². The van der Waals surface area contributed by atoms with E-state index in [0.717, 1.165) is 6.42 Å². The highest BCUT2D eigenvalue weighted by Crippen LogP contribution is 2.08. The van der Waals surface area contributed by atoms with Gasteiger partial charge in [0.2, 0.25) is 0 Å². The molecular formula is C9H21NO2. The van der Waals surface area contributed by atoms with Crippen LogP contribution in [0.1, 0.15) is 34.1 Å². The van der Waals surface area contributed by atoms with Crippen LogP contribution in [0.3, 0.4) is 0 Å². The van der Waals surface area contributed by atoms with Crippen molar-refractivity contribution in [3.63, 3.8) is 0 Å². The van der Waals surface area contributed by atoms with Crippen molar-refractivity contribution in [3.8, 4) is 0 Å². The van der Waals surface area contributed by atoms with Gasteiger partial charge in [0.1, 0.15) is 0 Å². The lowest BCUT2D eigenvalue weighted by Crippen LogP contribution is -2.50. The molecule has 0 heterocycles. The SMILES string of the molecule is CCC(O)CNC(C)(C)C(C)O. The summed E-state index contributed by atoms with van der Waals surface area (Å²) in [6, 6.07) is 0. The van der Waals surface area contributed by atoms with E-state index in [4.69, 9.17) is 0 Å². The van der Waals surface area contributed by atoms with Gasteiger partial charge < -0.3 is 15.5 Å². The van der Waals surface area contributed by atoms with Gasteiger partial charge in [-0.3, -0.25) is 0 Å². The molecular weight excluding hydrogens is 154 g/mol. The van der Waals surface area contributed by atoms with Crippen molar-refractivity contribution < 1.29 is 10.2 Å². The molecule has 0 fully saturated rings. The highest BCUT2D eigenvalue weighted by molar-refractivity contribution is 4.83. The normalized spacial score (nSPS) is 17.5. The fraction of sp³-hybridized carbons (Fsp3) is 1.00. The lowest BCUT2D eigenvalue weighted by atomic mass is 9.98. The minimum Gasteiger partial charge on any atom is -0.392 e. The molecule has 0 saturated heterocycles. The van der Waals surface area contributed by atoms with Crippen molar-refractivity contribution in [3.05, 3.63) is 0 Å². The highest BCUT2D eigenvalue weighted by Gasteiger charge is 2.23. The van der Waals surface area contributed by atoms with Gasteiger partial charge in [0.15, 0.2) is 0 Å². The van der Waals surface area contributed by atoms with Gasteiger partial charge in [-0.1, -0.05) is 6.92 Å². The Bertz CT molecular complexity index is 124. The maximum absolute atomic E-state index is 9.32. The molecule has 0 aromatic carbocycles. The predicted octanol–water partition coefficient (Wildman–Crippen LogP) is 0.506. The molecule has 3 heteroatoms. The number of hydrogen-bond acceptors (Lipinski definition) is 3. The van der Waals surface area contributed by atoms with Crippen LogP contribution in [-0.2, 0) is 0 Å². The topological polar surface area (TPSA) is 52.5 Å². The average Bonchev–Trinajstić information content (AvgIpc) is 2.00. The third-order valence-electron chi connectivity index (χ3n) is 2.31. The zero-order valence-corrected chi connectivity index (χ0v) is 8.46. The summed E-state index contributed by atoms with van der Waals surface area (Å²) in [6.07, 6.45) is 0.00711. The van der Waals surface area contributed by atoms with E-state index in [2.05, 4.69) is 5.32 Å². The lowest BCUT2D eigenvalue weighted by Gasteiger charge is -2.30. The van der Waals surface area contributed by atoms with E-state index in [9.17, 15) is 10.2 Å². The standard InChI is InChI=1S/C9H21NO2/c1-5-8(12)6-10-9(3,4)7(2)11/h7-8,10-12H,5-6H2,1-4H3. The van der Waals surface area contributed by atoms with E-state index in [1.807, 2.05) is 20.8 Å². The summed E-state index contributed by atoms with van der Waals surface area (Å²) < 4.78 is 0. The Kier molecular flexibility index (Phi) is 4.75. The van der Waals surface area contributed by atoms with E-state index in [0.29, 0.717) is 6.54 Å². The van der Waals surface area contributed by atoms with Crippen LogP contribution in [0, 0.1) is 0 Å². The monoisotopic (exact) mass is 175 g/mol. The fourth-order valence-corrected chi connectivity index (χ4v) is 0.673. The Hall–Kier alpha value is -0.120. The number of hydrogen-bond donors (Lipinski definition) is 3. The molecule has 3 N–H and O–H groups in total. The first-order valence-electron chi connectivity index (χ1n) is 4.51. The van der Waals surface area contributed by atoms with Crippen LogP contribution in [0.2, 0.25) is 0 Å². The van der Waals surface area contributed by atoms with Crippen LogP contribution < -0.4 is 5.32 Å². The van der Waals surface area contributed by atoms with Gasteiger partial charge in [-0.05, 0) is 27.2 Å². The number of β-amino-alcohol motifs (C(OH)–C–C–N with tert-alkyl or cyclic N) is 1. The van der Waals surface area contributed by atoms with Crippen molar-refractivity contribution in [2.24, 2.45) is 0 Å². The van der Waals surface area contributed by atoms with Crippen LogP contribution in [-0.4, -0.2) is 34.5 Å². The third kappa shape index (κ3) is 4.04. The summed E-state index contributed by atoms with van der Waals surface area (Å²) in [5, 5.41) is 21.7. The minimum absolute atomic E-state index is 0.317. The molecule has 0 aromatic heterocycles. The molecule has 12 heavy (non-hydrogen) atoms. The maximum Gasteiger partial charge on any atom is 0.0688 e. The predicted molar refractivity (Wildman–Crippen MR) is 50.1 cm³/mol. The average molecular weight is 175 g/mol. The second-order valence-corrected chi connectivity index (χ2v) is 3.84. The molecule has 74 valence electrons. The molecule has 0 aliphatic rings. The van der Waals surface area contributed by atoms with Gasteiger partial charge in [-0.15, -0.1) is 0 Å². The van der Waals surface area contributed by atoms with Crippen molar-refractivity contribution in [2.45, 2.75) is 51.9 Å². The molecule has 3 nitrogen and oxygen atoms in total. The van der Waals surface area contributed by atoms with Gasteiger partial charge in [0, 0.05) is 12.1 Å². The zero-order valence-electron chi connectivity index (χ0n) is 8.46. The summed E-state index contributed by atoms with van der Waals surface area (Å²) >= 11 is 0. The van der Waals surface area contributed by atoms with Crippen LogP contribution in [0.5, 0.6) is 0 Å². The van der Waals surface area contributed by atoms with E-state index >= 15 is 0 Å². The molecule has 0 amide bonds. The second-order valence-electron chi connectivity index (χ2n) is 3.84. The van der Waals surface area contributed by atoms with Crippen molar-refractivity contribution in [1.82, 2.24) is 5.32 Å². The first-order chi connectivity index (χ1) is 5.40. The van der Waals surface area contributed by atoms with E-state index in [1.165, 1.54) is 0 Å². The molecule has 2 atom stereocenters. The summed E-state index contributed by atoms with van der Waals surface area (Å²) in [6.45, 7) is 8.04. The van der Waals surface area contributed by atoms with Gasteiger partial charge >= 0.3 is 0 Å². The van der Waals surface area contributed by atoms with E-state index < -0.39 is 6.10 Å². The lowest BCUT2D eigenvalue weighted by molar-refractivity contribution is 0.0797. The summed E-state index contributed by atoms with van der Waals surface area (Å²) in [5.41, 5.74) is -0.323. The Morgan fingerprint density at radius 1 is 1.33 bits per heavy atom. The third-order valence-corrected chi connectivity index (χ3v) is 2.31. The Balaban J connectivity index is 3.75. The van der Waals surface area contributed by atoms with Gasteiger partial charge in [0.05, 0.1) is 12.2 Å². The van der Waals surface area contributed by atoms with Crippen LogP contribution in [0.25, 0.3) is 0 Å². The first kappa shape index (κ1) is 11.9. The molecule has 0 spiro atoms. The number of nitrogens with one attached hydrogen (secondary N) is 1. The second kappa shape index (κ2) is 4.80. The smallest absolute Gasteiger partial charge is 0.0688 e. The van der Waals surface area contributed by atoms with Gasteiger partial charge in [-0.25, -0.2) is 0 Å². The molecule has 0 aliphatic carbocycles. The largest absolute Gasteiger partial charge is 0.392 e.